The van der Waals surface area contributed by atoms with Crippen molar-refractivity contribution in [2.75, 3.05) is 6.61 Å². The molecule has 1 aliphatic carbocycles. The summed E-state index contributed by atoms with van der Waals surface area (Å²) in [5, 5.41) is 21.7. The van der Waals surface area contributed by atoms with E-state index in [0.717, 1.165) is 23.1 Å². The maximum Gasteiger partial charge on any atom is 0.335 e. The molecule has 5 rings (SSSR count). The zero-order valence-electron chi connectivity index (χ0n) is 20.3. The summed E-state index contributed by atoms with van der Waals surface area (Å²) in [7, 11) is 0. The van der Waals surface area contributed by atoms with Crippen LogP contribution in [0.3, 0.4) is 0 Å². The number of halogens is 3. The van der Waals surface area contributed by atoms with Crippen molar-refractivity contribution >= 4 is 40.8 Å². The molecule has 1 heterocycles. The number of carboxylic acid groups (broad SMARTS) is 1. The number of benzene rings is 3. The summed E-state index contributed by atoms with van der Waals surface area (Å²) in [6.07, 6.45) is 0.973. The number of nitrogens with zero attached hydrogens (tertiary/aromatic N) is 3. The number of aromatic carboxylic acids is 1. The lowest BCUT2D eigenvalue weighted by Gasteiger charge is -2.29. The molecule has 37 heavy (non-hydrogen) atoms. The lowest BCUT2D eigenvalue weighted by atomic mass is 9.99. The molecule has 192 valence electrons. The first kappa shape index (κ1) is 25.8. The van der Waals surface area contributed by atoms with Gasteiger partial charge in [0.25, 0.3) is 0 Å². The Morgan fingerprint density at radius 1 is 1.03 bits per heavy atom. The highest BCUT2D eigenvalue weighted by Gasteiger charge is 2.41. The van der Waals surface area contributed by atoms with Crippen molar-refractivity contribution in [1.82, 2.24) is 5.01 Å². The molecule has 0 radical (unpaired) electrons. The Bertz CT molecular complexity index is 1330. The third-order valence-corrected chi connectivity index (χ3v) is 7.96. The number of carboxylic acids is 1. The molecule has 3 aromatic rings. The van der Waals surface area contributed by atoms with Gasteiger partial charge in [0, 0.05) is 26.7 Å². The fourth-order valence-corrected chi connectivity index (χ4v) is 5.89. The lowest BCUT2D eigenvalue weighted by Crippen LogP contribution is -2.40. The number of hydrogen-bond donors (Lipinski definition) is 1. The van der Waals surface area contributed by atoms with Gasteiger partial charge in [0.1, 0.15) is 24.4 Å². The molecule has 3 aromatic carbocycles. The van der Waals surface area contributed by atoms with Gasteiger partial charge >= 0.3 is 5.97 Å². The van der Waals surface area contributed by atoms with E-state index >= 15 is 0 Å². The summed E-state index contributed by atoms with van der Waals surface area (Å²) in [5.41, 5.74) is 3.23. The predicted octanol–water partition coefficient (Wildman–Crippen LogP) is 8.20. The molecule has 0 amide bonds. The van der Waals surface area contributed by atoms with Crippen molar-refractivity contribution in [3.8, 4) is 5.75 Å². The molecule has 4 unspecified atom stereocenters. The minimum atomic E-state index is -0.921. The molecule has 1 N–H and O–H groups in total. The fourth-order valence-electron chi connectivity index (χ4n) is 4.96. The largest absolute Gasteiger partial charge is 0.491 e. The van der Waals surface area contributed by atoms with Crippen molar-refractivity contribution in [2.24, 2.45) is 10.3 Å². The van der Waals surface area contributed by atoms with Crippen LogP contribution >= 0.6 is 34.8 Å². The molecule has 1 saturated carbocycles. The van der Waals surface area contributed by atoms with Crippen molar-refractivity contribution < 1.29 is 14.6 Å². The summed E-state index contributed by atoms with van der Waals surface area (Å²) >= 11 is 19.6. The second-order valence-electron chi connectivity index (χ2n) is 9.70. The minimum Gasteiger partial charge on any atom is -0.491 e. The van der Waals surface area contributed by atoms with Gasteiger partial charge in [0.15, 0.2) is 0 Å². The van der Waals surface area contributed by atoms with Crippen LogP contribution in [0.15, 0.2) is 71.0 Å². The van der Waals surface area contributed by atoms with Gasteiger partial charge in [-0.05, 0) is 79.6 Å². The van der Waals surface area contributed by atoms with Gasteiger partial charge in [-0.1, -0.05) is 64.3 Å². The van der Waals surface area contributed by atoms with E-state index in [2.05, 4.69) is 24.2 Å². The molecular weight excluding hydrogens is 533 g/mol. The van der Waals surface area contributed by atoms with Crippen molar-refractivity contribution in [3.63, 3.8) is 0 Å². The topological polar surface area (TPSA) is 74.5 Å². The Labute approximate surface area is 230 Å². The van der Waals surface area contributed by atoms with Crippen molar-refractivity contribution in [2.45, 2.75) is 50.2 Å². The quantitative estimate of drug-likeness (QED) is 0.302. The molecule has 0 aromatic heterocycles. The van der Waals surface area contributed by atoms with Crippen LogP contribution in [0.2, 0.25) is 15.1 Å². The predicted molar refractivity (Wildman–Crippen MR) is 145 cm³/mol. The van der Waals surface area contributed by atoms with Crippen LogP contribution in [-0.4, -0.2) is 34.8 Å². The molecule has 2 aliphatic rings. The summed E-state index contributed by atoms with van der Waals surface area (Å²) in [4.78, 5) is 11.1. The van der Waals surface area contributed by atoms with Crippen LogP contribution in [0.5, 0.6) is 5.75 Å². The zero-order valence-corrected chi connectivity index (χ0v) is 22.6. The van der Waals surface area contributed by atoms with Gasteiger partial charge in [0.2, 0.25) is 0 Å². The molecule has 9 heteroatoms. The van der Waals surface area contributed by atoms with Gasteiger partial charge in [-0.15, -0.1) is 0 Å². The number of ether oxygens (including phenoxy) is 1. The van der Waals surface area contributed by atoms with E-state index in [-0.39, 0.29) is 18.1 Å². The second-order valence-corrected chi connectivity index (χ2v) is 10.9. The Morgan fingerprint density at radius 3 is 2.35 bits per heavy atom. The third-order valence-electron chi connectivity index (χ3n) is 6.98. The highest BCUT2D eigenvalue weighted by molar-refractivity contribution is 6.36. The van der Waals surface area contributed by atoms with Crippen LogP contribution in [0.1, 0.15) is 65.2 Å². The molecule has 6 nitrogen and oxygen atoms in total. The second kappa shape index (κ2) is 10.5. The lowest BCUT2D eigenvalue weighted by molar-refractivity contribution is 0.0697. The number of carbonyl (C=O) groups is 1. The van der Waals surface area contributed by atoms with Gasteiger partial charge in [-0.25, -0.2) is 4.79 Å². The van der Waals surface area contributed by atoms with E-state index in [1.54, 1.807) is 24.3 Å². The standard InChI is InChI=1S/C28H26Cl3N3O3/c1-15(2)34-25(27(32-33-34)26-22(29)4-3-5-23(26)30)14-37-18-10-11-19(24(31)12-18)21-13-20(21)16-6-8-17(9-7-16)28(35)36/h3-12,15,20-21,25,27H,13-14H2,1-2H3,(H,35,36). The summed E-state index contributed by atoms with van der Waals surface area (Å²) < 4.78 is 6.20. The van der Waals surface area contributed by atoms with E-state index in [4.69, 9.17) is 44.6 Å². The van der Waals surface area contributed by atoms with Crippen LogP contribution in [-0.2, 0) is 0 Å². The zero-order chi connectivity index (χ0) is 26.3. The average molecular weight is 559 g/mol. The maximum absolute atomic E-state index is 11.1. The molecule has 0 saturated heterocycles. The Hall–Kier alpha value is -2.80. The Balaban J connectivity index is 1.28. The first-order valence-electron chi connectivity index (χ1n) is 12.1. The summed E-state index contributed by atoms with van der Waals surface area (Å²) in [6, 6.07) is 17.9. The van der Waals surface area contributed by atoms with Crippen LogP contribution in [0.4, 0.5) is 0 Å². The molecule has 0 bridgehead atoms. The van der Waals surface area contributed by atoms with Gasteiger partial charge in [0.05, 0.1) is 5.56 Å². The number of rotatable bonds is 8. The third kappa shape index (κ3) is 5.28. The Morgan fingerprint density at radius 2 is 1.73 bits per heavy atom. The van der Waals surface area contributed by atoms with Crippen molar-refractivity contribution in [3.05, 3.63) is 98.0 Å². The van der Waals surface area contributed by atoms with Gasteiger partial charge < -0.3 is 9.84 Å². The first-order chi connectivity index (χ1) is 17.7. The number of hydrogen-bond acceptors (Lipinski definition) is 5. The van der Waals surface area contributed by atoms with E-state index in [9.17, 15) is 4.79 Å². The van der Waals surface area contributed by atoms with E-state index in [1.165, 1.54) is 0 Å². The molecular formula is C28H26Cl3N3O3. The normalized spacial score (nSPS) is 22.5. The van der Waals surface area contributed by atoms with E-state index in [1.807, 2.05) is 41.4 Å². The highest BCUT2D eigenvalue weighted by atomic mass is 35.5. The summed E-state index contributed by atoms with van der Waals surface area (Å²) in [6.45, 7) is 4.43. The van der Waals surface area contributed by atoms with Gasteiger partial charge in [-0.2, -0.15) is 5.11 Å². The van der Waals surface area contributed by atoms with Crippen LogP contribution < -0.4 is 4.74 Å². The fraction of sp³-hybridized carbons (Fsp3) is 0.321. The minimum absolute atomic E-state index is 0.117. The molecule has 1 fully saturated rings. The molecule has 1 aliphatic heterocycles. The van der Waals surface area contributed by atoms with E-state index < -0.39 is 5.97 Å². The monoisotopic (exact) mass is 557 g/mol. The Kier molecular flexibility index (Phi) is 7.35. The smallest absolute Gasteiger partial charge is 0.335 e. The molecule has 0 spiro atoms. The van der Waals surface area contributed by atoms with Crippen LogP contribution in [0, 0.1) is 0 Å². The maximum atomic E-state index is 11.1. The summed E-state index contributed by atoms with van der Waals surface area (Å²) in [5.74, 6) is 0.369. The van der Waals surface area contributed by atoms with Crippen molar-refractivity contribution in [1.29, 1.82) is 0 Å². The van der Waals surface area contributed by atoms with Crippen LogP contribution in [0.25, 0.3) is 0 Å². The molecule has 4 atom stereocenters. The van der Waals surface area contributed by atoms with E-state index in [0.29, 0.717) is 44.8 Å². The highest BCUT2D eigenvalue weighted by Crippen LogP contribution is 2.56. The SMILES string of the molecule is CC(C)N1N=NC(c2c(Cl)cccc2Cl)C1COc1ccc(C2CC2c2ccc(C(=O)O)cc2)c(Cl)c1. The first-order valence-corrected chi connectivity index (χ1v) is 13.3. The average Bonchev–Trinajstić information content (AvgIpc) is 3.54. The van der Waals surface area contributed by atoms with Gasteiger partial charge in [-0.3, -0.25) is 5.01 Å².